The third-order valence-electron chi connectivity index (χ3n) is 3.69. The smallest absolute Gasteiger partial charge is 0.255 e. The van der Waals surface area contributed by atoms with E-state index < -0.39 is 0 Å². The van der Waals surface area contributed by atoms with E-state index in [9.17, 15) is 4.79 Å². The predicted octanol–water partition coefficient (Wildman–Crippen LogP) is 1.98. The lowest BCUT2D eigenvalue weighted by Crippen LogP contribution is -2.24. The SMILES string of the molecule is COc1cccc(OC)c1CNC(=O)c1c(C)nn(C)c1C. The second kappa shape index (κ2) is 6.51. The van der Waals surface area contributed by atoms with Crippen molar-refractivity contribution in [1.29, 1.82) is 0 Å². The van der Waals surface area contributed by atoms with Crippen LogP contribution in [0.25, 0.3) is 0 Å². The van der Waals surface area contributed by atoms with Crippen LogP contribution in [-0.2, 0) is 13.6 Å². The number of hydrogen-bond acceptors (Lipinski definition) is 4. The van der Waals surface area contributed by atoms with Crippen LogP contribution in [0.3, 0.4) is 0 Å². The highest BCUT2D eigenvalue weighted by Crippen LogP contribution is 2.28. The van der Waals surface area contributed by atoms with Crippen molar-refractivity contribution < 1.29 is 14.3 Å². The Bertz CT molecular complexity index is 670. The zero-order chi connectivity index (χ0) is 16.3. The van der Waals surface area contributed by atoms with E-state index >= 15 is 0 Å². The van der Waals surface area contributed by atoms with Crippen molar-refractivity contribution in [3.63, 3.8) is 0 Å². The molecule has 22 heavy (non-hydrogen) atoms. The van der Waals surface area contributed by atoms with Crippen molar-refractivity contribution in [2.45, 2.75) is 20.4 Å². The number of nitrogens with one attached hydrogen (secondary N) is 1. The van der Waals surface area contributed by atoms with E-state index in [1.807, 2.05) is 39.1 Å². The van der Waals surface area contributed by atoms with Crippen molar-refractivity contribution in [2.24, 2.45) is 7.05 Å². The summed E-state index contributed by atoms with van der Waals surface area (Å²) in [4.78, 5) is 12.4. The molecule has 118 valence electrons. The van der Waals surface area contributed by atoms with E-state index in [0.29, 0.717) is 29.3 Å². The average Bonchev–Trinajstić information content (AvgIpc) is 2.77. The van der Waals surface area contributed by atoms with Gasteiger partial charge in [-0.25, -0.2) is 0 Å². The first-order valence-corrected chi connectivity index (χ1v) is 6.97. The predicted molar refractivity (Wildman–Crippen MR) is 83.4 cm³/mol. The molecule has 0 unspecified atom stereocenters. The maximum atomic E-state index is 12.4. The molecule has 0 spiro atoms. The first-order chi connectivity index (χ1) is 10.5. The number of benzene rings is 1. The van der Waals surface area contributed by atoms with E-state index in [4.69, 9.17) is 9.47 Å². The van der Waals surface area contributed by atoms with E-state index in [-0.39, 0.29) is 5.91 Å². The number of rotatable bonds is 5. The number of aryl methyl sites for hydroxylation is 2. The van der Waals surface area contributed by atoms with Crippen LogP contribution in [-0.4, -0.2) is 29.9 Å². The monoisotopic (exact) mass is 303 g/mol. The topological polar surface area (TPSA) is 65.4 Å². The molecule has 0 aliphatic rings. The van der Waals surface area contributed by atoms with Gasteiger partial charge in [0.25, 0.3) is 5.91 Å². The number of carbonyl (C=O) groups excluding carboxylic acids is 1. The highest BCUT2D eigenvalue weighted by molar-refractivity contribution is 5.96. The number of methoxy groups -OCH3 is 2. The number of nitrogens with zero attached hydrogens (tertiary/aromatic N) is 2. The van der Waals surface area contributed by atoms with Crippen molar-refractivity contribution in [2.75, 3.05) is 14.2 Å². The van der Waals surface area contributed by atoms with Gasteiger partial charge >= 0.3 is 0 Å². The molecule has 1 aromatic heterocycles. The van der Waals surface area contributed by atoms with E-state index in [1.54, 1.807) is 18.9 Å². The largest absolute Gasteiger partial charge is 0.496 e. The van der Waals surface area contributed by atoms with E-state index in [0.717, 1.165) is 11.3 Å². The molecule has 1 N–H and O–H groups in total. The summed E-state index contributed by atoms with van der Waals surface area (Å²) in [5.74, 6) is 1.20. The molecule has 1 heterocycles. The van der Waals surface area contributed by atoms with Gasteiger partial charge < -0.3 is 14.8 Å². The van der Waals surface area contributed by atoms with Gasteiger partial charge in [-0.3, -0.25) is 9.48 Å². The second-order valence-electron chi connectivity index (χ2n) is 4.99. The fraction of sp³-hybridized carbons (Fsp3) is 0.375. The number of aromatic nitrogens is 2. The molecule has 1 amide bonds. The molecule has 0 fully saturated rings. The summed E-state index contributed by atoms with van der Waals surface area (Å²) >= 11 is 0. The van der Waals surface area contributed by atoms with Crippen LogP contribution in [0.2, 0.25) is 0 Å². The normalized spacial score (nSPS) is 10.4. The lowest BCUT2D eigenvalue weighted by Gasteiger charge is -2.13. The third-order valence-corrected chi connectivity index (χ3v) is 3.69. The Balaban J connectivity index is 2.21. The molecule has 0 radical (unpaired) electrons. The summed E-state index contributed by atoms with van der Waals surface area (Å²) in [6.07, 6.45) is 0. The summed E-state index contributed by atoms with van der Waals surface area (Å²) in [5, 5.41) is 7.17. The minimum Gasteiger partial charge on any atom is -0.496 e. The van der Waals surface area contributed by atoms with Gasteiger partial charge in [0.2, 0.25) is 0 Å². The summed E-state index contributed by atoms with van der Waals surface area (Å²) < 4.78 is 12.4. The van der Waals surface area contributed by atoms with Gasteiger partial charge in [-0.2, -0.15) is 5.10 Å². The summed E-state index contributed by atoms with van der Waals surface area (Å²) in [5.41, 5.74) is 2.96. The van der Waals surface area contributed by atoms with Crippen molar-refractivity contribution in [3.05, 3.63) is 40.7 Å². The Morgan fingerprint density at radius 2 is 1.82 bits per heavy atom. The molecule has 0 aliphatic heterocycles. The Hall–Kier alpha value is -2.50. The Morgan fingerprint density at radius 3 is 2.27 bits per heavy atom. The Kier molecular flexibility index (Phi) is 4.70. The maximum Gasteiger partial charge on any atom is 0.255 e. The van der Waals surface area contributed by atoms with Crippen LogP contribution in [0.4, 0.5) is 0 Å². The summed E-state index contributed by atoms with van der Waals surface area (Å²) in [6, 6.07) is 5.52. The molecule has 0 aliphatic carbocycles. The number of hydrogen-bond donors (Lipinski definition) is 1. The molecule has 0 atom stereocenters. The van der Waals surface area contributed by atoms with Crippen molar-refractivity contribution in [3.8, 4) is 11.5 Å². The first kappa shape index (κ1) is 15.9. The molecule has 0 saturated heterocycles. The molecular formula is C16H21N3O3. The second-order valence-corrected chi connectivity index (χ2v) is 4.99. The minimum atomic E-state index is -0.156. The maximum absolute atomic E-state index is 12.4. The zero-order valence-corrected chi connectivity index (χ0v) is 13.6. The third kappa shape index (κ3) is 2.90. The average molecular weight is 303 g/mol. The van der Waals surface area contributed by atoms with Gasteiger partial charge in [0.1, 0.15) is 11.5 Å². The molecule has 2 rings (SSSR count). The highest BCUT2D eigenvalue weighted by atomic mass is 16.5. The Morgan fingerprint density at radius 1 is 1.23 bits per heavy atom. The summed E-state index contributed by atoms with van der Waals surface area (Å²) in [6.45, 7) is 4.02. The number of carbonyl (C=O) groups is 1. The van der Waals surface area contributed by atoms with Gasteiger partial charge in [-0.15, -0.1) is 0 Å². The fourth-order valence-electron chi connectivity index (χ4n) is 2.46. The van der Waals surface area contributed by atoms with Gasteiger partial charge in [0, 0.05) is 12.7 Å². The fourth-order valence-corrected chi connectivity index (χ4v) is 2.46. The van der Waals surface area contributed by atoms with Crippen LogP contribution >= 0.6 is 0 Å². The zero-order valence-electron chi connectivity index (χ0n) is 13.6. The van der Waals surface area contributed by atoms with Crippen LogP contribution in [0.5, 0.6) is 11.5 Å². The minimum absolute atomic E-state index is 0.156. The number of ether oxygens (including phenoxy) is 2. The van der Waals surface area contributed by atoms with Gasteiger partial charge in [0.05, 0.1) is 37.6 Å². The van der Waals surface area contributed by atoms with Crippen LogP contribution in [0.15, 0.2) is 18.2 Å². The molecule has 6 nitrogen and oxygen atoms in total. The molecule has 1 aromatic carbocycles. The van der Waals surface area contributed by atoms with Crippen LogP contribution < -0.4 is 14.8 Å². The van der Waals surface area contributed by atoms with Crippen LogP contribution in [0, 0.1) is 13.8 Å². The van der Waals surface area contributed by atoms with E-state index in [1.165, 1.54) is 0 Å². The lowest BCUT2D eigenvalue weighted by atomic mass is 10.1. The van der Waals surface area contributed by atoms with Crippen LogP contribution in [0.1, 0.15) is 27.3 Å². The van der Waals surface area contributed by atoms with E-state index in [2.05, 4.69) is 10.4 Å². The molecule has 6 heteroatoms. The Labute approximate surface area is 130 Å². The molecule has 0 bridgehead atoms. The van der Waals surface area contributed by atoms with Crippen molar-refractivity contribution in [1.82, 2.24) is 15.1 Å². The lowest BCUT2D eigenvalue weighted by molar-refractivity contribution is 0.0949. The molecule has 0 saturated carbocycles. The van der Waals surface area contributed by atoms with Gasteiger partial charge in [-0.1, -0.05) is 6.07 Å². The summed E-state index contributed by atoms with van der Waals surface area (Å²) in [7, 11) is 5.01. The van der Waals surface area contributed by atoms with Crippen molar-refractivity contribution >= 4 is 5.91 Å². The highest BCUT2D eigenvalue weighted by Gasteiger charge is 2.18. The standard InChI is InChI=1S/C16H21N3O3/c1-10-15(11(2)19(3)18-10)16(20)17-9-12-13(21-4)7-6-8-14(12)22-5/h6-8H,9H2,1-5H3,(H,17,20). The number of amides is 1. The van der Waals surface area contributed by atoms with Gasteiger partial charge in [-0.05, 0) is 26.0 Å². The quantitative estimate of drug-likeness (QED) is 0.917. The molecule has 2 aromatic rings. The van der Waals surface area contributed by atoms with Gasteiger partial charge in [0.15, 0.2) is 0 Å². The molecular weight excluding hydrogens is 282 g/mol. The first-order valence-electron chi connectivity index (χ1n) is 6.97.